The Morgan fingerprint density at radius 1 is 1.62 bits per heavy atom. The van der Waals surface area contributed by atoms with Crippen molar-refractivity contribution in [2.75, 3.05) is 13.1 Å². The zero-order chi connectivity index (χ0) is 5.56. The van der Waals surface area contributed by atoms with Crippen LogP contribution < -0.4 is 5.43 Å². The molecular formula is C6H11N2. The zero-order valence-corrected chi connectivity index (χ0v) is 5.17. The number of hydrogen-bond acceptors (Lipinski definition) is 1. The topological polar surface area (TPSA) is 17.3 Å². The molecule has 45 valence electrons. The molecule has 2 fully saturated rings. The molecule has 0 saturated carbocycles. The number of nitrogens with zero attached hydrogens (tertiary/aromatic N) is 2. The summed E-state index contributed by atoms with van der Waals surface area (Å²) in [6.07, 6.45) is 1.38. The van der Waals surface area contributed by atoms with E-state index in [0.29, 0.717) is 6.04 Å². The van der Waals surface area contributed by atoms with Crippen LogP contribution in [-0.2, 0) is 0 Å². The van der Waals surface area contributed by atoms with E-state index in [9.17, 15) is 0 Å². The molecule has 0 amide bonds. The second-order valence-corrected chi connectivity index (χ2v) is 2.82. The summed E-state index contributed by atoms with van der Waals surface area (Å²) in [6, 6.07) is 0.628. The van der Waals surface area contributed by atoms with Crippen LogP contribution in [0.15, 0.2) is 0 Å². The number of fused-ring (bicyclic) bond motifs is 2. The van der Waals surface area contributed by atoms with Gasteiger partial charge in [-0.25, -0.2) is 5.01 Å². The van der Waals surface area contributed by atoms with Crippen molar-refractivity contribution in [1.29, 1.82) is 0 Å². The molecule has 2 bridgehead atoms. The molecule has 2 nitrogen and oxygen atoms in total. The van der Waals surface area contributed by atoms with Crippen molar-refractivity contribution < 1.29 is 0 Å². The predicted octanol–water partition coefficient (Wildman–Crippen LogP) is 0.230. The minimum Gasteiger partial charge on any atom is -0.226 e. The first-order valence-corrected chi connectivity index (χ1v) is 3.32. The summed E-state index contributed by atoms with van der Waals surface area (Å²) in [5, 5.41) is 2.20. The molecule has 0 aromatic heterocycles. The van der Waals surface area contributed by atoms with Gasteiger partial charge in [-0.15, -0.1) is 0 Å². The van der Waals surface area contributed by atoms with E-state index in [0.717, 1.165) is 5.92 Å². The Labute approximate surface area is 49.8 Å². The molecule has 0 aromatic carbocycles. The third kappa shape index (κ3) is 0.501. The Bertz CT molecular complexity index is 101. The minimum atomic E-state index is 0.628. The number of rotatable bonds is 0. The van der Waals surface area contributed by atoms with Crippen LogP contribution in [-0.4, -0.2) is 24.1 Å². The monoisotopic (exact) mass is 111 g/mol. The SMILES string of the molecule is CC1[N]N2CCC1C2. The Balaban J connectivity index is 2.11. The first kappa shape index (κ1) is 4.77. The molecule has 3 unspecified atom stereocenters. The van der Waals surface area contributed by atoms with Gasteiger partial charge in [-0.3, -0.25) is 0 Å². The molecule has 0 aliphatic carbocycles. The van der Waals surface area contributed by atoms with Crippen molar-refractivity contribution in [3.8, 4) is 0 Å². The molecule has 2 aliphatic heterocycles. The van der Waals surface area contributed by atoms with Gasteiger partial charge in [-0.1, -0.05) is 0 Å². The second kappa shape index (κ2) is 1.45. The molecule has 2 saturated heterocycles. The fraction of sp³-hybridized carbons (Fsp3) is 1.00. The summed E-state index contributed by atoms with van der Waals surface area (Å²) in [5.41, 5.74) is 4.39. The second-order valence-electron chi connectivity index (χ2n) is 2.82. The maximum atomic E-state index is 4.39. The summed E-state index contributed by atoms with van der Waals surface area (Å²) in [5.74, 6) is 0.898. The van der Waals surface area contributed by atoms with E-state index in [1.807, 2.05) is 0 Å². The molecule has 3 atom stereocenters. The predicted molar refractivity (Wildman–Crippen MR) is 31.3 cm³/mol. The zero-order valence-electron chi connectivity index (χ0n) is 5.17. The lowest BCUT2D eigenvalue weighted by molar-refractivity contribution is 0.226. The van der Waals surface area contributed by atoms with E-state index in [4.69, 9.17) is 0 Å². The van der Waals surface area contributed by atoms with E-state index < -0.39 is 0 Å². The molecule has 0 aromatic rings. The lowest BCUT2D eigenvalue weighted by Crippen LogP contribution is -2.31. The van der Waals surface area contributed by atoms with Crippen molar-refractivity contribution in [1.82, 2.24) is 10.4 Å². The van der Waals surface area contributed by atoms with Gasteiger partial charge in [0.05, 0.1) is 0 Å². The smallest absolute Gasteiger partial charge is 0.0431 e. The highest BCUT2D eigenvalue weighted by Crippen LogP contribution is 2.25. The lowest BCUT2D eigenvalue weighted by atomic mass is 10.0. The van der Waals surface area contributed by atoms with Gasteiger partial charge in [0.15, 0.2) is 0 Å². The third-order valence-corrected chi connectivity index (χ3v) is 2.23. The van der Waals surface area contributed by atoms with Crippen LogP contribution in [0.1, 0.15) is 13.3 Å². The molecule has 0 N–H and O–H groups in total. The van der Waals surface area contributed by atoms with Gasteiger partial charge >= 0.3 is 0 Å². The summed E-state index contributed by atoms with van der Waals surface area (Å²) in [7, 11) is 0. The molecule has 2 aliphatic rings. The molecule has 2 heteroatoms. The van der Waals surface area contributed by atoms with Crippen LogP contribution in [0.5, 0.6) is 0 Å². The van der Waals surface area contributed by atoms with Crippen molar-refractivity contribution >= 4 is 0 Å². The number of hydrogen-bond donors (Lipinski definition) is 0. The first-order valence-electron chi connectivity index (χ1n) is 3.32. The summed E-state index contributed by atoms with van der Waals surface area (Å²) >= 11 is 0. The molecule has 2 rings (SSSR count). The average Bonchev–Trinajstić information content (AvgIpc) is 2.23. The Hall–Kier alpha value is -0.0800. The van der Waals surface area contributed by atoms with E-state index in [2.05, 4.69) is 17.4 Å². The average molecular weight is 111 g/mol. The highest BCUT2D eigenvalue weighted by Gasteiger charge is 2.35. The van der Waals surface area contributed by atoms with Crippen molar-refractivity contribution in [2.45, 2.75) is 19.4 Å². The van der Waals surface area contributed by atoms with E-state index in [-0.39, 0.29) is 0 Å². The van der Waals surface area contributed by atoms with Crippen LogP contribution in [0.3, 0.4) is 0 Å². The van der Waals surface area contributed by atoms with Crippen molar-refractivity contribution in [3.05, 3.63) is 0 Å². The normalized spacial score (nSPS) is 52.9. The fourth-order valence-electron chi connectivity index (χ4n) is 1.62. The fourth-order valence-corrected chi connectivity index (χ4v) is 1.62. The highest BCUT2D eigenvalue weighted by molar-refractivity contribution is 4.86. The molecule has 8 heavy (non-hydrogen) atoms. The Kier molecular flexibility index (Phi) is 0.866. The lowest BCUT2D eigenvalue weighted by Gasteiger charge is -2.16. The van der Waals surface area contributed by atoms with Gasteiger partial charge in [-0.05, 0) is 19.3 Å². The van der Waals surface area contributed by atoms with Crippen molar-refractivity contribution in [3.63, 3.8) is 0 Å². The molecular weight excluding hydrogens is 100 g/mol. The van der Waals surface area contributed by atoms with Gasteiger partial charge in [0.25, 0.3) is 0 Å². The van der Waals surface area contributed by atoms with E-state index in [1.54, 1.807) is 0 Å². The Morgan fingerprint density at radius 2 is 2.50 bits per heavy atom. The molecule has 0 spiro atoms. The maximum Gasteiger partial charge on any atom is 0.0431 e. The first-order chi connectivity index (χ1) is 3.86. The summed E-state index contributed by atoms with van der Waals surface area (Å²) in [6.45, 7) is 4.67. The largest absolute Gasteiger partial charge is 0.226 e. The van der Waals surface area contributed by atoms with Crippen LogP contribution in [0, 0.1) is 5.92 Å². The minimum absolute atomic E-state index is 0.628. The van der Waals surface area contributed by atoms with Crippen LogP contribution >= 0.6 is 0 Å². The van der Waals surface area contributed by atoms with Gasteiger partial charge in [0, 0.05) is 19.1 Å². The van der Waals surface area contributed by atoms with Crippen LogP contribution in [0.4, 0.5) is 0 Å². The van der Waals surface area contributed by atoms with Gasteiger partial charge < -0.3 is 0 Å². The third-order valence-electron chi connectivity index (χ3n) is 2.23. The maximum absolute atomic E-state index is 4.39. The summed E-state index contributed by atoms with van der Waals surface area (Å²) < 4.78 is 0. The van der Waals surface area contributed by atoms with Gasteiger partial charge in [0.1, 0.15) is 0 Å². The van der Waals surface area contributed by atoms with Crippen LogP contribution in [0.2, 0.25) is 0 Å². The molecule has 1 radical (unpaired) electrons. The van der Waals surface area contributed by atoms with Crippen LogP contribution in [0.25, 0.3) is 0 Å². The summed E-state index contributed by atoms with van der Waals surface area (Å²) in [4.78, 5) is 0. The van der Waals surface area contributed by atoms with Gasteiger partial charge in [0.2, 0.25) is 0 Å². The molecule has 2 heterocycles. The van der Waals surface area contributed by atoms with E-state index in [1.165, 1.54) is 19.5 Å². The quantitative estimate of drug-likeness (QED) is 0.437. The highest BCUT2D eigenvalue weighted by atomic mass is 15.6. The van der Waals surface area contributed by atoms with Gasteiger partial charge in [-0.2, -0.15) is 5.43 Å². The van der Waals surface area contributed by atoms with E-state index >= 15 is 0 Å². The standard InChI is InChI=1S/C6H11N2/c1-5-6-2-3-8(4-6)7-5/h5-6H,2-4H2,1H3. The van der Waals surface area contributed by atoms with Crippen molar-refractivity contribution in [2.24, 2.45) is 5.92 Å². The Morgan fingerprint density at radius 3 is 2.75 bits per heavy atom.